The molecule has 2 heterocycles. The van der Waals surface area contributed by atoms with Crippen LogP contribution in [0.25, 0.3) is 21.7 Å². The van der Waals surface area contributed by atoms with Crippen LogP contribution in [0.3, 0.4) is 0 Å². The van der Waals surface area contributed by atoms with Crippen LogP contribution in [0.1, 0.15) is 12.2 Å². The van der Waals surface area contributed by atoms with Crippen molar-refractivity contribution >= 4 is 45.4 Å². The number of nitrogens with one attached hydrogen (secondary N) is 1. The van der Waals surface area contributed by atoms with Gasteiger partial charge in [-0.05, 0) is 35.1 Å². The Hall–Kier alpha value is -2.47. The molecule has 1 unspecified atom stereocenters. The van der Waals surface area contributed by atoms with Gasteiger partial charge in [-0.2, -0.15) is 11.8 Å². The second-order valence-corrected chi connectivity index (χ2v) is 7.43. The molecule has 1 aliphatic heterocycles. The molecule has 1 saturated heterocycles. The van der Waals surface area contributed by atoms with Gasteiger partial charge < -0.3 is 14.8 Å². The van der Waals surface area contributed by atoms with E-state index in [9.17, 15) is 14.7 Å². The van der Waals surface area contributed by atoms with E-state index in [4.69, 9.17) is 4.42 Å². The number of fused-ring (bicyclic) bond motifs is 3. The highest BCUT2D eigenvalue weighted by Gasteiger charge is 2.43. The third kappa shape index (κ3) is 2.87. The Kier molecular flexibility index (Phi) is 3.92. The first-order chi connectivity index (χ1) is 12.1. The molecule has 1 fully saturated rings. The van der Waals surface area contributed by atoms with Gasteiger partial charge in [-0.3, -0.25) is 4.79 Å². The van der Waals surface area contributed by atoms with Crippen molar-refractivity contribution in [1.82, 2.24) is 5.32 Å². The van der Waals surface area contributed by atoms with E-state index in [2.05, 4.69) is 5.32 Å². The summed E-state index contributed by atoms with van der Waals surface area (Å²) in [5.74, 6) is 0.381. The van der Waals surface area contributed by atoms with Crippen LogP contribution in [0, 0.1) is 0 Å². The second-order valence-electron chi connectivity index (χ2n) is 6.33. The lowest BCUT2D eigenvalue weighted by Crippen LogP contribution is -2.55. The molecule has 1 aromatic heterocycles. The van der Waals surface area contributed by atoms with E-state index in [1.54, 1.807) is 11.8 Å². The summed E-state index contributed by atoms with van der Waals surface area (Å²) in [6.45, 7) is 0. The van der Waals surface area contributed by atoms with Gasteiger partial charge in [0.2, 0.25) is 5.91 Å². The Labute approximate surface area is 148 Å². The molecule has 1 aliphatic rings. The minimum absolute atomic E-state index is 0.0305. The highest BCUT2D eigenvalue weighted by atomic mass is 32.2. The van der Waals surface area contributed by atoms with Crippen molar-refractivity contribution < 1.29 is 19.1 Å². The predicted molar refractivity (Wildman–Crippen MR) is 97.9 cm³/mol. The van der Waals surface area contributed by atoms with Crippen molar-refractivity contribution in [3.63, 3.8) is 0 Å². The Morgan fingerprint density at radius 1 is 1.20 bits per heavy atom. The number of carboxylic acid groups (broad SMARTS) is 1. The van der Waals surface area contributed by atoms with Crippen molar-refractivity contribution in [1.29, 1.82) is 0 Å². The number of furan rings is 1. The molecule has 3 aromatic rings. The van der Waals surface area contributed by atoms with Gasteiger partial charge in [-0.25, -0.2) is 4.79 Å². The summed E-state index contributed by atoms with van der Waals surface area (Å²) in [5.41, 5.74) is -0.425. The van der Waals surface area contributed by atoms with Crippen LogP contribution in [0.5, 0.6) is 0 Å². The Morgan fingerprint density at radius 2 is 2.04 bits per heavy atom. The maximum absolute atomic E-state index is 12.4. The summed E-state index contributed by atoms with van der Waals surface area (Å²) < 4.78 is 5.79. The summed E-state index contributed by atoms with van der Waals surface area (Å²) in [4.78, 5) is 23.9. The predicted octanol–water partition coefficient (Wildman–Crippen LogP) is 3.21. The number of benzene rings is 2. The Bertz CT molecular complexity index is 972. The second kappa shape index (κ2) is 6.11. The van der Waals surface area contributed by atoms with Crippen molar-refractivity contribution in [2.75, 3.05) is 11.5 Å². The zero-order valence-corrected chi connectivity index (χ0v) is 14.3. The molecule has 0 saturated carbocycles. The zero-order valence-electron chi connectivity index (χ0n) is 13.5. The lowest BCUT2D eigenvalue weighted by atomic mass is 9.99. The number of hydrogen-bond acceptors (Lipinski definition) is 4. The van der Waals surface area contributed by atoms with Crippen molar-refractivity contribution in [3.05, 3.63) is 48.2 Å². The maximum Gasteiger partial charge on any atom is 0.330 e. The highest BCUT2D eigenvalue weighted by molar-refractivity contribution is 7.99. The van der Waals surface area contributed by atoms with Crippen molar-refractivity contribution in [3.8, 4) is 0 Å². The largest absolute Gasteiger partial charge is 0.479 e. The fourth-order valence-electron chi connectivity index (χ4n) is 3.29. The van der Waals surface area contributed by atoms with Crippen LogP contribution in [0.15, 0.2) is 46.9 Å². The van der Waals surface area contributed by atoms with Gasteiger partial charge in [0.15, 0.2) is 0 Å². The van der Waals surface area contributed by atoms with Crippen LogP contribution in [-0.4, -0.2) is 34.0 Å². The number of amides is 1. The molecule has 0 spiro atoms. The number of rotatable bonds is 4. The number of carbonyl (C=O) groups is 2. The van der Waals surface area contributed by atoms with E-state index in [0.717, 1.165) is 27.5 Å². The van der Waals surface area contributed by atoms with Gasteiger partial charge in [0.05, 0.1) is 6.42 Å². The molecular weight excluding hydrogens is 338 g/mol. The summed E-state index contributed by atoms with van der Waals surface area (Å²) >= 11 is 1.54. The quantitative estimate of drug-likeness (QED) is 0.751. The molecule has 0 aliphatic carbocycles. The van der Waals surface area contributed by atoms with Gasteiger partial charge in [0.25, 0.3) is 0 Å². The first kappa shape index (κ1) is 16.0. The standard InChI is InChI=1S/C19H17NO4S/c21-17(20-19(18(22)23)7-8-25-11-19)10-13-9-15-14-4-2-1-3-12(14)5-6-16(15)24-13/h1-6,9H,7-8,10-11H2,(H,20,21)(H,22,23). The summed E-state index contributed by atoms with van der Waals surface area (Å²) in [7, 11) is 0. The average molecular weight is 355 g/mol. The number of carbonyl (C=O) groups excluding carboxylic acids is 1. The van der Waals surface area contributed by atoms with Crippen molar-refractivity contribution in [2.45, 2.75) is 18.4 Å². The van der Waals surface area contributed by atoms with Crippen LogP contribution >= 0.6 is 11.8 Å². The molecule has 4 rings (SSSR count). The maximum atomic E-state index is 12.4. The van der Waals surface area contributed by atoms with E-state index in [1.165, 1.54) is 0 Å². The first-order valence-electron chi connectivity index (χ1n) is 8.10. The molecule has 2 aromatic carbocycles. The monoisotopic (exact) mass is 355 g/mol. The topological polar surface area (TPSA) is 79.5 Å². The SMILES string of the molecule is O=C(Cc1cc2c(ccc3ccccc32)o1)NC1(C(=O)O)CCSC1. The lowest BCUT2D eigenvalue weighted by molar-refractivity contribution is -0.146. The Morgan fingerprint density at radius 3 is 2.80 bits per heavy atom. The zero-order chi connectivity index (χ0) is 17.4. The van der Waals surface area contributed by atoms with Crippen LogP contribution < -0.4 is 5.32 Å². The van der Waals surface area contributed by atoms with Crippen LogP contribution in [0.2, 0.25) is 0 Å². The number of hydrogen-bond donors (Lipinski definition) is 2. The molecule has 128 valence electrons. The van der Waals surface area contributed by atoms with Gasteiger partial charge >= 0.3 is 5.97 Å². The highest BCUT2D eigenvalue weighted by Crippen LogP contribution is 2.30. The van der Waals surface area contributed by atoms with Gasteiger partial charge in [-0.15, -0.1) is 0 Å². The molecular formula is C19H17NO4S. The summed E-state index contributed by atoms with van der Waals surface area (Å²) in [5, 5.41) is 15.3. The normalized spacial score (nSPS) is 20.2. The van der Waals surface area contributed by atoms with E-state index >= 15 is 0 Å². The van der Waals surface area contributed by atoms with E-state index in [-0.39, 0.29) is 12.3 Å². The van der Waals surface area contributed by atoms with Gasteiger partial charge in [0, 0.05) is 11.1 Å². The molecule has 0 radical (unpaired) electrons. The van der Waals surface area contributed by atoms with Crippen LogP contribution in [0.4, 0.5) is 0 Å². The smallest absolute Gasteiger partial charge is 0.330 e. The number of aliphatic carboxylic acids is 1. The minimum atomic E-state index is -1.15. The molecule has 0 bridgehead atoms. The summed E-state index contributed by atoms with van der Waals surface area (Å²) in [6, 6.07) is 13.7. The number of carboxylic acids is 1. The van der Waals surface area contributed by atoms with E-state index in [0.29, 0.717) is 17.9 Å². The Balaban J connectivity index is 1.59. The molecule has 6 heteroatoms. The van der Waals surface area contributed by atoms with E-state index < -0.39 is 11.5 Å². The summed E-state index contributed by atoms with van der Waals surface area (Å²) in [6.07, 6.45) is 0.478. The van der Waals surface area contributed by atoms with Crippen LogP contribution in [-0.2, 0) is 16.0 Å². The van der Waals surface area contributed by atoms with Gasteiger partial charge in [0.1, 0.15) is 16.9 Å². The first-order valence-corrected chi connectivity index (χ1v) is 9.25. The van der Waals surface area contributed by atoms with Gasteiger partial charge in [-0.1, -0.05) is 30.3 Å². The lowest BCUT2D eigenvalue weighted by Gasteiger charge is -2.24. The van der Waals surface area contributed by atoms with E-state index in [1.807, 2.05) is 42.5 Å². The van der Waals surface area contributed by atoms with Crippen molar-refractivity contribution in [2.24, 2.45) is 0 Å². The molecule has 25 heavy (non-hydrogen) atoms. The molecule has 1 atom stereocenters. The minimum Gasteiger partial charge on any atom is -0.479 e. The molecule has 2 N–H and O–H groups in total. The third-order valence-corrected chi connectivity index (χ3v) is 5.81. The third-order valence-electron chi connectivity index (χ3n) is 4.62. The average Bonchev–Trinajstić information content (AvgIpc) is 3.22. The molecule has 5 nitrogen and oxygen atoms in total. The fraction of sp³-hybridized carbons (Fsp3) is 0.263. The molecule has 1 amide bonds. The fourth-order valence-corrected chi connectivity index (χ4v) is 4.61. The number of thioether (sulfide) groups is 1.